The summed E-state index contributed by atoms with van der Waals surface area (Å²) in [4.78, 5) is 19.8. The molecule has 1 unspecified atom stereocenters. The number of hydrogen-bond donors (Lipinski definition) is 1. The van der Waals surface area contributed by atoms with E-state index in [0.717, 1.165) is 11.4 Å². The summed E-state index contributed by atoms with van der Waals surface area (Å²) in [7, 11) is -3.77. The van der Waals surface area contributed by atoms with Gasteiger partial charge in [0.05, 0.1) is 22.8 Å². The molecular formula is C20H23N3O4S. The van der Waals surface area contributed by atoms with Crippen molar-refractivity contribution < 1.29 is 18.0 Å². The number of oxime groups is 1. The van der Waals surface area contributed by atoms with Crippen LogP contribution in [0.3, 0.4) is 0 Å². The van der Waals surface area contributed by atoms with Gasteiger partial charge in [-0.1, -0.05) is 31.1 Å². The number of nitrogens with one attached hydrogen (secondary N) is 1. The van der Waals surface area contributed by atoms with Crippen LogP contribution in [0.15, 0.2) is 40.4 Å². The molecular weight excluding hydrogens is 378 g/mol. The zero-order chi connectivity index (χ0) is 20.1. The monoisotopic (exact) mass is 401 g/mol. The number of rotatable bonds is 6. The summed E-state index contributed by atoms with van der Waals surface area (Å²) in [5.41, 5.74) is 2.24. The van der Waals surface area contributed by atoms with Crippen molar-refractivity contribution in [1.82, 2.24) is 4.72 Å². The van der Waals surface area contributed by atoms with Gasteiger partial charge >= 0.3 is 0 Å². The maximum Gasteiger partial charge on any atom is 0.258 e. The Bertz CT molecular complexity index is 1090. The van der Waals surface area contributed by atoms with E-state index in [-0.39, 0.29) is 29.4 Å². The van der Waals surface area contributed by atoms with Crippen molar-refractivity contribution in [3.63, 3.8) is 0 Å². The molecule has 7 nitrogen and oxygen atoms in total. The molecule has 1 N–H and O–H groups in total. The molecule has 0 aromatic heterocycles. The van der Waals surface area contributed by atoms with Gasteiger partial charge in [-0.05, 0) is 31.0 Å². The Morgan fingerprint density at radius 3 is 2.75 bits per heavy atom. The molecule has 2 aliphatic rings. The minimum absolute atomic E-state index is 0.0941. The van der Waals surface area contributed by atoms with E-state index >= 15 is 0 Å². The molecule has 0 spiro atoms. The molecule has 148 valence electrons. The molecule has 1 atom stereocenters. The van der Waals surface area contributed by atoms with E-state index in [0.29, 0.717) is 29.3 Å². The molecule has 4 rings (SSSR count). The molecule has 2 aromatic carbocycles. The van der Waals surface area contributed by atoms with Crippen molar-refractivity contribution in [2.75, 3.05) is 18.0 Å². The highest BCUT2D eigenvalue weighted by atomic mass is 32.2. The number of carbonyl (C=O) groups is 1. The van der Waals surface area contributed by atoms with Crippen molar-refractivity contribution in [3.8, 4) is 0 Å². The molecule has 2 aromatic rings. The van der Waals surface area contributed by atoms with Crippen LogP contribution in [0.4, 0.5) is 5.69 Å². The number of amides is 1. The third-order valence-electron chi connectivity index (χ3n) is 5.27. The largest absolute Gasteiger partial charge is 0.391 e. The Hall–Kier alpha value is -2.45. The second-order valence-electron chi connectivity index (χ2n) is 7.38. The minimum Gasteiger partial charge on any atom is -0.391 e. The molecule has 0 saturated heterocycles. The van der Waals surface area contributed by atoms with Crippen LogP contribution in [0.2, 0.25) is 0 Å². The molecule has 2 heterocycles. The van der Waals surface area contributed by atoms with Gasteiger partial charge in [0.15, 0.2) is 0 Å². The summed E-state index contributed by atoms with van der Waals surface area (Å²) in [6.45, 7) is 6.64. The van der Waals surface area contributed by atoms with Crippen LogP contribution in [0.25, 0.3) is 10.8 Å². The van der Waals surface area contributed by atoms with Crippen molar-refractivity contribution >= 4 is 38.1 Å². The van der Waals surface area contributed by atoms with Gasteiger partial charge in [0, 0.05) is 29.3 Å². The molecule has 0 aliphatic carbocycles. The van der Waals surface area contributed by atoms with Gasteiger partial charge in [-0.2, -0.15) is 0 Å². The maximum absolute atomic E-state index is 13.0. The van der Waals surface area contributed by atoms with Crippen molar-refractivity contribution in [2.24, 2.45) is 11.1 Å². The third-order valence-corrected chi connectivity index (χ3v) is 6.76. The first kappa shape index (κ1) is 18.9. The van der Waals surface area contributed by atoms with Crippen molar-refractivity contribution in [2.45, 2.75) is 38.2 Å². The quantitative estimate of drug-likeness (QED) is 0.806. The van der Waals surface area contributed by atoms with Crippen LogP contribution in [0.5, 0.6) is 0 Å². The fourth-order valence-electron chi connectivity index (χ4n) is 3.75. The highest BCUT2D eigenvalue weighted by Crippen LogP contribution is 2.39. The summed E-state index contributed by atoms with van der Waals surface area (Å²) in [6, 6.07) is 8.48. The Kier molecular flexibility index (Phi) is 4.63. The second-order valence-corrected chi connectivity index (χ2v) is 9.12. The topological polar surface area (TPSA) is 88.1 Å². The highest BCUT2D eigenvalue weighted by molar-refractivity contribution is 7.89. The lowest BCUT2D eigenvalue weighted by Crippen LogP contribution is -2.32. The predicted octanol–water partition coefficient (Wildman–Crippen LogP) is 2.90. The van der Waals surface area contributed by atoms with Crippen LogP contribution in [-0.2, 0) is 14.9 Å². The zero-order valence-corrected chi connectivity index (χ0v) is 16.9. The summed E-state index contributed by atoms with van der Waals surface area (Å²) in [5.74, 6) is 0.181. The average molecular weight is 401 g/mol. The van der Waals surface area contributed by atoms with Gasteiger partial charge < -0.3 is 9.74 Å². The minimum atomic E-state index is -3.77. The van der Waals surface area contributed by atoms with E-state index in [9.17, 15) is 13.2 Å². The Morgan fingerprint density at radius 2 is 2.07 bits per heavy atom. The highest BCUT2D eigenvalue weighted by Gasteiger charge is 2.32. The van der Waals surface area contributed by atoms with Crippen LogP contribution < -0.4 is 9.62 Å². The number of anilines is 1. The van der Waals surface area contributed by atoms with E-state index in [1.807, 2.05) is 20.8 Å². The molecule has 28 heavy (non-hydrogen) atoms. The molecule has 0 saturated carbocycles. The number of hydrogen-bond acceptors (Lipinski definition) is 5. The second kappa shape index (κ2) is 6.86. The lowest BCUT2D eigenvalue weighted by molar-refractivity contribution is 0.0890. The average Bonchev–Trinajstić information content (AvgIpc) is 3.25. The van der Waals surface area contributed by atoms with Crippen molar-refractivity contribution in [1.29, 1.82) is 0 Å². The van der Waals surface area contributed by atoms with E-state index < -0.39 is 10.0 Å². The molecule has 0 bridgehead atoms. The molecule has 0 fully saturated rings. The lowest BCUT2D eigenvalue weighted by atomic mass is 10.0. The van der Waals surface area contributed by atoms with Crippen LogP contribution in [0, 0.1) is 5.92 Å². The van der Waals surface area contributed by atoms with Gasteiger partial charge in [0.25, 0.3) is 5.91 Å². The molecule has 1 amide bonds. The summed E-state index contributed by atoms with van der Waals surface area (Å²) in [5, 5.41) is 5.28. The fourth-order valence-corrected chi connectivity index (χ4v) is 5.02. The summed E-state index contributed by atoms with van der Waals surface area (Å²) < 4.78 is 28.6. The first-order chi connectivity index (χ1) is 13.3. The van der Waals surface area contributed by atoms with Crippen LogP contribution in [-0.4, -0.2) is 39.2 Å². The standard InChI is InChI=1S/C20H23N3O4S/c1-4-23-17-8-9-18(14-6-5-7-15(19(14)17)20(23)24)28(25,26)21-11-13-10-16(12(2)3)22-27-13/h5-9,12-13,21H,4,10-11H2,1-3H3. The first-order valence-corrected chi connectivity index (χ1v) is 10.9. The molecule has 0 radical (unpaired) electrons. The van der Waals surface area contributed by atoms with Crippen LogP contribution in [0.1, 0.15) is 37.6 Å². The first-order valence-electron chi connectivity index (χ1n) is 9.43. The normalized spacial score (nSPS) is 18.9. The number of sulfonamides is 1. The SMILES string of the molecule is CCN1C(=O)c2cccc3c(S(=O)(=O)NCC4CC(C(C)C)=NO4)ccc1c23. The van der Waals surface area contributed by atoms with Crippen molar-refractivity contribution in [3.05, 3.63) is 35.9 Å². The van der Waals surface area contributed by atoms with Gasteiger partial charge in [-0.25, -0.2) is 13.1 Å². The van der Waals surface area contributed by atoms with E-state index in [1.165, 1.54) is 0 Å². The Morgan fingerprint density at radius 1 is 1.29 bits per heavy atom. The predicted molar refractivity (Wildman–Crippen MR) is 108 cm³/mol. The smallest absolute Gasteiger partial charge is 0.258 e. The van der Waals surface area contributed by atoms with Gasteiger partial charge in [-0.3, -0.25) is 4.79 Å². The van der Waals surface area contributed by atoms with Gasteiger partial charge in [0.1, 0.15) is 6.10 Å². The van der Waals surface area contributed by atoms with Gasteiger partial charge in [0.2, 0.25) is 10.0 Å². The van der Waals surface area contributed by atoms with E-state index in [1.54, 1.807) is 35.2 Å². The zero-order valence-electron chi connectivity index (χ0n) is 16.1. The fraction of sp³-hybridized carbons (Fsp3) is 0.400. The summed E-state index contributed by atoms with van der Waals surface area (Å²) >= 11 is 0. The third kappa shape index (κ3) is 2.97. The number of carbonyl (C=O) groups excluding carboxylic acids is 1. The Labute approximate surface area is 164 Å². The van der Waals surface area contributed by atoms with Crippen LogP contribution >= 0.6 is 0 Å². The number of benzene rings is 2. The molecule has 2 aliphatic heterocycles. The number of nitrogens with zero attached hydrogens (tertiary/aromatic N) is 2. The summed E-state index contributed by atoms with van der Waals surface area (Å²) in [6.07, 6.45) is 0.311. The van der Waals surface area contributed by atoms with E-state index in [2.05, 4.69) is 9.88 Å². The molecule has 8 heteroatoms. The lowest BCUT2D eigenvalue weighted by Gasteiger charge is -2.16. The maximum atomic E-state index is 13.0. The Balaban J connectivity index is 1.63. The van der Waals surface area contributed by atoms with E-state index in [4.69, 9.17) is 4.84 Å². The van der Waals surface area contributed by atoms with Gasteiger partial charge in [-0.15, -0.1) is 0 Å².